The van der Waals surface area contributed by atoms with E-state index in [0.29, 0.717) is 0 Å². The monoisotopic (exact) mass is 395 g/mol. The fourth-order valence-electron chi connectivity index (χ4n) is 3.71. The van der Waals surface area contributed by atoms with Gasteiger partial charge in [-0.1, -0.05) is 41.1 Å². The molecule has 1 spiro atoms. The number of nitrogens with one attached hydrogen (secondary N) is 1. The van der Waals surface area contributed by atoms with Crippen LogP contribution in [0.5, 0.6) is 5.75 Å². The number of anilines is 1. The third-order valence-corrected chi connectivity index (χ3v) is 5.87. The molecule has 2 aliphatic rings. The van der Waals surface area contributed by atoms with Crippen molar-refractivity contribution in [2.75, 3.05) is 25.5 Å². The summed E-state index contributed by atoms with van der Waals surface area (Å²) in [5.41, 5.74) is 4.20. The number of hydrogen-bond acceptors (Lipinski definition) is 4. The lowest BCUT2D eigenvalue weighted by Gasteiger charge is -2.38. The number of oxime groups is 1. The number of thiocarbonyl (C=S) groups is 1. The Kier molecular flexibility index (Phi) is 5.22. The molecule has 2 aromatic carbocycles. The molecule has 0 aliphatic carbocycles. The minimum atomic E-state index is -0.192. The zero-order valence-electron chi connectivity index (χ0n) is 16.3. The van der Waals surface area contributed by atoms with Gasteiger partial charge in [-0.2, -0.15) is 0 Å². The summed E-state index contributed by atoms with van der Waals surface area (Å²) in [5, 5.41) is 8.46. The Bertz CT molecular complexity index is 887. The van der Waals surface area contributed by atoms with Crippen LogP contribution in [0, 0.1) is 6.92 Å². The van der Waals surface area contributed by atoms with Gasteiger partial charge in [-0.3, -0.25) is 0 Å². The van der Waals surface area contributed by atoms with E-state index in [2.05, 4.69) is 46.6 Å². The number of rotatable bonds is 3. The van der Waals surface area contributed by atoms with Gasteiger partial charge in [0.1, 0.15) is 11.4 Å². The van der Waals surface area contributed by atoms with E-state index in [-0.39, 0.29) is 5.60 Å². The smallest absolute Gasteiger partial charge is 0.173 e. The maximum atomic E-state index is 5.94. The van der Waals surface area contributed by atoms with Gasteiger partial charge in [0, 0.05) is 44.1 Å². The van der Waals surface area contributed by atoms with Crippen molar-refractivity contribution in [1.82, 2.24) is 4.90 Å². The molecular formula is C22H25N3O2S. The van der Waals surface area contributed by atoms with Crippen LogP contribution in [0.4, 0.5) is 5.69 Å². The molecule has 0 radical (unpaired) electrons. The molecule has 0 aromatic heterocycles. The molecule has 2 aromatic rings. The molecule has 0 saturated carbocycles. The summed E-state index contributed by atoms with van der Waals surface area (Å²) >= 11 is 5.62. The molecule has 2 heterocycles. The average Bonchev–Trinajstić information content (AvgIpc) is 3.12. The highest BCUT2D eigenvalue weighted by Crippen LogP contribution is 2.36. The summed E-state index contributed by atoms with van der Waals surface area (Å²) in [4.78, 5) is 8.14. The van der Waals surface area contributed by atoms with Crippen molar-refractivity contribution in [2.24, 2.45) is 5.16 Å². The summed E-state index contributed by atoms with van der Waals surface area (Å²) in [6, 6.07) is 16.3. The van der Waals surface area contributed by atoms with E-state index >= 15 is 0 Å². The highest BCUT2D eigenvalue weighted by molar-refractivity contribution is 7.80. The number of ether oxygens (including phenoxy) is 1. The topological polar surface area (TPSA) is 46.1 Å². The molecule has 0 bridgehead atoms. The molecule has 1 N–H and O–H groups in total. The molecule has 1 saturated heterocycles. The highest BCUT2D eigenvalue weighted by atomic mass is 32.1. The number of likely N-dealkylation sites (tertiary alicyclic amines) is 1. The van der Waals surface area contributed by atoms with Crippen LogP contribution < -0.4 is 10.1 Å². The van der Waals surface area contributed by atoms with Crippen LogP contribution in [0.1, 0.15) is 30.4 Å². The van der Waals surface area contributed by atoms with Gasteiger partial charge in [-0.15, -0.1) is 0 Å². The number of methoxy groups -OCH3 is 1. The second-order valence-corrected chi connectivity index (χ2v) is 7.89. The van der Waals surface area contributed by atoms with Crippen LogP contribution in [0.25, 0.3) is 0 Å². The third-order valence-electron chi connectivity index (χ3n) is 5.51. The summed E-state index contributed by atoms with van der Waals surface area (Å²) in [7, 11) is 1.66. The lowest BCUT2D eigenvalue weighted by molar-refractivity contribution is -0.0521. The van der Waals surface area contributed by atoms with Crippen molar-refractivity contribution < 1.29 is 9.57 Å². The SMILES string of the molecule is COc1cccc(NC(=S)N2CCC3(CC2)CC(c2ccc(C)cc2)=NO3)c1. The molecule has 28 heavy (non-hydrogen) atoms. The number of piperidine rings is 1. The quantitative estimate of drug-likeness (QED) is 0.783. The molecule has 5 nitrogen and oxygen atoms in total. The standard InChI is InChI=1S/C22H25N3O2S/c1-16-6-8-17(9-7-16)20-15-22(27-24-20)10-12-25(13-11-22)21(28)23-18-4-3-5-19(14-18)26-2/h3-9,14H,10-13,15H2,1-2H3,(H,23,28). The first-order chi connectivity index (χ1) is 13.6. The van der Waals surface area contributed by atoms with E-state index in [1.807, 2.05) is 24.3 Å². The minimum Gasteiger partial charge on any atom is -0.497 e. The summed E-state index contributed by atoms with van der Waals surface area (Å²) in [6.07, 6.45) is 2.68. The number of aryl methyl sites for hydroxylation is 1. The van der Waals surface area contributed by atoms with Crippen molar-refractivity contribution in [3.05, 3.63) is 59.7 Å². The number of nitrogens with zero attached hydrogens (tertiary/aromatic N) is 2. The van der Waals surface area contributed by atoms with Crippen LogP contribution in [0.3, 0.4) is 0 Å². The molecule has 0 unspecified atom stereocenters. The molecule has 0 amide bonds. The van der Waals surface area contributed by atoms with Crippen LogP contribution in [0.15, 0.2) is 53.7 Å². The molecule has 2 aliphatic heterocycles. The highest BCUT2D eigenvalue weighted by Gasteiger charge is 2.42. The third kappa shape index (κ3) is 3.97. The maximum Gasteiger partial charge on any atom is 0.173 e. The number of benzene rings is 2. The normalized spacial score (nSPS) is 17.8. The molecule has 4 rings (SSSR count). The van der Waals surface area contributed by atoms with Crippen molar-refractivity contribution >= 4 is 28.7 Å². The summed E-state index contributed by atoms with van der Waals surface area (Å²) in [5.74, 6) is 0.811. The van der Waals surface area contributed by atoms with Gasteiger partial charge in [0.15, 0.2) is 5.11 Å². The second-order valence-electron chi connectivity index (χ2n) is 7.50. The zero-order chi connectivity index (χ0) is 19.6. The van der Waals surface area contributed by atoms with E-state index in [9.17, 15) is 0 Å². The van der Waals surface area contributed by atoms with Gasteiger partial charge in [-0.25, -0.2) is 0 Å². The first kappa shape index (κ1) is 18.7. The van der Waals surface area contributed by atoms with E-state index < -0.39 is 0 Å². The van der Waals surface area contributed by atoms with E-state index in [4.69, 9.17) is 21.8 Å². The second kappa shape index (κ2) is 7.80. The predicted octanol–water partition coefficient (Wildman–Crippen LogP) is 4.36. The van der Waals surface area contributed by atoms with Gasteiger partial charge < -0.3 is 19.8 Å². The van der Waals surface area contributed by atoms with Crippen LogP contribution in [-0.2, 0) is 4.84 Å². The molecule has 0 atom stereocenters. The Morgan fingerprint density at radius 3 is 2.64 bits per heavy atom. The maximum absolute atomic E-state index is 5.94. The predicted molar refractivity (Wildman–Crippen MR) is 116 cm³/mol. The van der Waals surface area contributed by atoms with Gasteiger partial charge in [0.25, 0.3) is 0 Å². The van der Waals surface area contributed by atoms with E-state index in [1.165, 1.54) is 5.56 Å². The Labute approximate surface area is 171 Å². The van der Waals surface area contributed by atoms with Gasteiger partial charge in [0.05, 0.1) is 12.8 Å². The molecular weight excluding hydrogens is 370 g/mol. The van der Waals surface area contributed by atoms with Crippen LogP contribution >= 0.6 is 12.2 Å². The molecule has 6 heteroatoms. The van der Waals surface area contributed by atoms with Gasteiger partial charge in [0.2, 0.25) is 0 Å². The Morgan fingerprint density at radius 2 is 1.93 bits per heavy atom. The average molecular weight is 396 g/mol. The van der Waals surface area contributed by atoms with Crippen LogP contribution in [0.2, 0.25) is 0 Å². The van der Waals surface area contributed by atoms with E-state index in [0.717, 1.165) is 60.2 Å². The summed E-state index contributed by atoms with van der Waals surface area (Å²) in [6.45, 7) is 3.80. The lowest BCUT2D eigenvalue weighted by Crippen LogP contribution is -2.48. The fraction of sp³-hybridized carbons (Fsp3) is 0.364. The minimum absolute atomic E-state index is 0.192. The Hall–Kier alpha value is -2.60. The van der Waals surface area contributed by atoms with Crippen LogP contribution in [-0.4, -0.2) is 41.5 Å². The van der Waals surface area contributed by atoms with Crippen molar-refractivity contribution in [3.8, 4) is 5.75 Å². The lowest BCUT2D eigenvalue weighted by atomic mass is 9.85. The first-order valence-corrected chi connectivity index (χ1v) is 10.00. The largest absolute Gasteiger partial charge is 0.497 e. The van der Waals surface area contributed by atoms with Gasteiger partial charge >= 0.3 is 0 Å². The molecule has 1 fully saturated rings. The van der Waals surface area contributed by atoms with Crippen molar-refractivity contribution in [1.29, 1.82) is 0 Å². The van der Waals surface area contributed by atoms with E-state index in [1.54, 1.807) is 7.11 Å². The fourth-order valence-corrected chi connectivity index (χ4v) is 4.01. The van der Waals surface area contributed by atoms with Crippen molar-refractivity contribution in [2.45, 2.75) is 31.8 Å². The molecule has 146 valence electrons. The van der Waals surface area contributed by atoms with Crippen molar-refractivity contribution in [3.63, 3.8) is 0 Å². The summed E-state index contributed by atoms with van der Waals surface area (Å²) < 4.78 is 5.27. The Morgan fingerprint density at radius 1 is 1.18 bits per heavy atom. The first-order valence-electron chi connectivity index (χ1n) is 9.59. The zero-order valence-corrected chi connectivity index (χ0v) is 17.1. The number of hydrogen-bond donors (Lipinski definition) is 1. The Balaban J connectivity index is 1.33. The van der Waals surface area contributed by atoms with Gasteiger partial charge in [-0.05, 0) is 36.8 Å².